The van der Waals surface area contributed by atoms with E-state index in [9.17, 15) is 0 Å². The Morgan fingerprint density at radius 3 is 2.42 bits per heavy atom. The van der Waals surface area contributed by atoms with Crippen LogP contribution in [-0.4, -0.2) is 4.57 Å². The van der Waals surface area contributed by atoms with E-state index in [0.29, 0.717) is 0 Å². The topological polar surface area (TPSA) is 28.7 Å². The summed E-state index contributed by atoms with van der Waals surface area (Å²) in [6.07, 6.45) is 0. The van der Waals surface area contributed by atoms with Crippen LogP contribution in [0, 0.1) is 18.3 Å². The van der Waals surface area contributed by atoms with Crippen LogP contribution >= 0.6 is 0 Å². The lowest BCUT2D eigenvalue weighted by Gasteiger charge is -2.06. The highest BCUT2D eigenvalue weighted by Gasteiger charge is 2.10. The Kier molecular flexibility index (Phi) is 2.61. The number of hydrogen-bond donors (Lipinski definition) is 0. The monoisotopic (exact) mass is 246 g/mol. The molecule has 0 bridgehead atoms. The second-order valence-corrected chi connectivity index (χ2v) is 4.76. The number of benzene rings is 2. The van der Waals surface area contributed by atoms with Gasteiger partial charge in [0.2, 0.25) is 0 Å². The molecule has 19 heavy (non-hydrogen) atoms. The lowest BCUT2D eigenvalue weighted by molar-refractivity contribution is 0.889. The predicted octanol–water partition coefficient (Wildman–Crippen LogP) is 4.03. The van der Waals surface area contributed by atoms with Gasteiger partial charge in [0, 0.05) is 18.4 Å². The molecular formula is C17H14N2. The quantitative estimate of drug-likeness (QED) is 0.637. The van der Waals surface area contributed by atoms with Gasteiger partial charge in [-0.15, -0.1) is 0 Å². The van der Waals surface area contributed by atoms with E-state index >= 15 is 0 Å². The highest BCUT2D eigenvalue weighted by Crippen LogP contribution is 2.27. The van der Waals surface area contributed by atoms with Crippen molar-refractivity contribution in [2.45, 2.75) is 6.92 Å². The normalized spacial score (nSPS) is 10.6. The van der Waals surface area contributed by atoms with E-state index in [2.05, 4.69) is 41.0 Å². The zero-order valence-corrected chi connectivity index (χ0v) is 11.0. The van der Waals surface area contributed by atoms with Crippen molar-refractivity contribution >= 4 is 10.8 Å². The van der Waals surface area contributed by atoms with Crippen molar-refractivity contribution in [3.8, 4) is 17.3 Å². The Morgan fingerprint density at radius 2 is 1.74 bits per heavy atom. The molecule has 0 atom stereocenters. The number of aromatic nitrogens is 1. The number of hydrogen-bond acceptors (Lipinski definition) is 1. The summed E-state index contributed by atoms with van der Waals surface area (Å²) in [5.41, 5.74) is 3.97. The second kappa shape index (κ2) is 4.29. The molecule has 3 aromatic rings. The molecule has 1 aromatic heterocycles. The van der Waals surface area contributed by atoms with Gasteiger partial charge in [0.1, 0.15) is 6.07 Å². The van der Waals surface area contributed by atoms with E-state index in [1.807, 2.05) is 32.2 Å². The number of nitrogens with zero attached hydrogens (tertiary/aromatic N) is 2. The van der Waals surface area contributed by atoms with Crippen LogP contribution in [0.25, 0.3) is 22.0 Å². The van der Waals surface area contributed by atoms with E-state index in [0.717, 1.165) is 22.5 Å². The van der Waals surface area contributed by atoms with Crippen LogP contribution < -0.4 is 0 Å². The second-order valence-electron chi connectivity index (χ2n) is 4.76. The maximum atomic E-state index is 9.11. The van der Waals surface area contributed by atoms with Gasteiger partial charge in [-0.3, -0.25) is 0 Å². The van der Waals surface area contributed by atoms with Crippen molar-refractivity contribution in [3.05, 3.63) is 59.8 Å². The fraction of sp³-hybridized carbons (Fsp3) is 0.118. The van der Waals surface area contributed by atoms with Gasteiger partial charge in [-0.1, -0.05) is 36.4 Å². The van der Waals surface area contributed by atoms with Crippen molar-refractivity contribution in [2.75, 3.05) is 0 Å². The lowest BCUT2D eigenvalue weighted by atomic mass is 10.0. The number of rotatable bonds is 1. The molecule has 0 amide bonds. The maximum Gasteiger partial charge on any atom is 0.101 e. The molecule has 0 spiro atoms. The number of nitriles is 1. The SMILES string of the molecule is Cc1c(C#N)cc(-c2ccc3ccccc3c2)n1C. The predicted molar refractivity (Wildman–Crippen MR) is 77.8 cm³/mol. The Labute approximate surface area is 112 Å². The third-order valence-corrected chi connectivity index (χ3v) is 3.70. The maximum absolute atomic E-state index is 9.11. The van der Waals surface area contributed by atoms with Gasteiger partial charge in [-0.05, 0) is 35.4 Å². The van der Waals surface area contributed by atoms with E-state index < -0.39 is 0 Å². The van der Waals surface area contributed by atoms with Gasteiger partial charge in [0.15, 0.2) is 0 Å². The van der Waals surface area contributed by atoms with Crippen molar-refractivity contribution in [3.63, 3.8) is 0 Å². The molecule has 3 rings (SSSR count). The largest absolute Gasteiger partial charge is 0.347 e. The molecule has 0 saturated heterocycles. The van der Waals surface area contributed by atoms with Gasteiger partial charge < -0.3 is 4.57 Å². The third-order valence-electron chi connectivity index (χ3n) is 3.70. The third kappa shape index (κ3) is 1.80. The van der Waals surface area contributed by atoms with Crippen molar-refractivity contribution < 1.29 is 0 Å². The summed E-state index contributed by atoms with van der Waals surface area (Å²) in [5, 5.41) is 11.6. The summed E-state index contributed by atoms with van der Waals surface area (Å²) in [6.45, 7) is 1.98. The molecule has 0 aliphatic carbocycles. The van der Waals surface area contributed by atoms with Crippen molar-refractivity contribution in [2.24, 2.45) is 7.05 Å². The van der Waals surface area contributed by atoms with Crippen LogP contribution in [0.5, 0.6) is 0 Å². The average molecular weight is 246 g/mol. The van der Waals surface area contributed by atoms with Gasteiger partial charge in [0.05, 0.1) is 5.56 Å². The summed E-state index contributed by atoms with van der Waals surface area (Å²) in [6, 6.07) is 18.9. The van der Waals surface area contributed by atoms with Crippen LogP contribution in [0.3, 0.4) is 0 Å². The summed E-state index contributed by atoms with van der Waals surface area (Å²) in [4.78, 5) is 0. The summed E-state index contributed by atoms with van der Waals surface area (Å²) >= 11 is 0. The van der Waals surface area contributed by atoms with Crippen LogP contribution in [0.4, 0.5) is 0 Å². The summed E-state index contributed by atoms with van der Waals surface area (Å²) in [5.74, 6) is 0. The van der Waals surface area contributed by atoms with Crippen molar-refractivity contribution in [1.82, 2.24) is 4.57 Å². The molecule has 2 aromatic carbocycles. The Bertz CT molecular complexity index is 804. The van der Waals surface area contributed by atoms with Gasteiger partial charge in [-0.25, -0.2) is 0 Å². The molecule has 1 heterocycles. The van der Waals surface area contributed by atoms with Crippen LogP contribution in [-0.2, 0) is 7.05 Å². The molecule has 0 aliphatic rings. The Hall–Kier alpha value is -2.53. The molecule has 0 N–H and O–H groups in total. The first kappa shape index (κ1) is 11.6. The van der Waals surface area contributed by atoms with Gasteiger partial charge >= 0.3 is 0 Å². The zero-order valence-electron chi connectivity index (χ0n) is 11.0. The molecule has 92 valence electrons. The standard InChI is InChI=1S/C17H14N2/c1-12-16(11-18)10-17(19(12)2)15-8-7-13-5-3-4-6-14(13)9-15/h3-10H,1-2H3. The Balaban J connectivity index is 2.22. The summed E-state index contributed by atoms with van der Waals surface area (Å²) < 4.78 is 2.07. The lowest BCUT2D eigenvalue weighted by Crippen LogP contribution is -1.94. The van der Waals surface area contributed by atoms with Crippen molar-refractivity contribution in [1.29, 1.82) is 5.26 Å². The van der Waals surface area contributed by atoms with E-state index in [1.54, 1.807) is 0 Å². The molecule has 0 saturated carbocycles. The molecular weight excluding hydrogens is 232 g/mol. The van der Waals surface area contributed by atoms with Gasteiger partial charge in [0.25, 0.3) is 0 Å². The van der Waals surface area contributed by atoms with Crippen LogP contribution in [0.1, 0.15) is 11.3 Å². The molecule has 0 aliphatic heterocycles. The smallest absolute Gasteiger partial charge is 0.101 e. The molecule has 0 unspecified atom stereocenters. The highest BCUT2D eigenvalue weighted by atomic mass is 15.0. The molecule has 0 fully saturated rings. The zero-order chi connectivity index (χ0) is 13.4. The fourth-order valence-electron chi connectivity index (χ4n) is 2.44. The van der Waals surface area contributed by atoms with Gasteiger partial charge in [-0.2, -0.15) is 5.26 Å². The fourth-order valence-corrected chi connectivity index (χ4v) is 2.44. The van der Waals surface area contributed by atoms with E-state index in [1.165, 1.54) is 10.8 Å². The highest BCUT2D eigenvalue weighted by molar-refractivity contribution is 5.87. The minimum atomic E-state index is 0.741. The van der Waals surface area contributed by atoms with E-state index in [-0.39, 0.29) is 0 Å². The van der Waals surface area contributed by atoms with E-state index in [4.69, 9.17) is 5.26 Å². The average Bonchev–Trinajstić information content (AvgIpc) is 2.74. The molecule has 2 heteroatoms. The first-order chi connectivity index (χ1) is 9.20. The van der Waals surface area contributed by atoms with Crippen LogP contribution in [0.15, 0.2) is 48.5 Å². The molecule has 0 radical (unpaired) electrons. The Morgan fingerprint density at radius 1 is 1.00 bits per heavy atom. The minimum Gasteiger partial charge on any atom is -0.347 e. The van der Waals surface area contributed by atoms with Crippen LogP contribution in [0.2, 0.25) is 0 Å². The first-order valence-electron chi connectivity index (χ1n) is 6.26. The minimum absolute atomic E-state index is 0.741. The summed E-state index contributed by atoms with van der Waals surface area (Å²) in [7, 11) is 2.00. The molecule has 2 nitrogen and oxygen atoms in total. The first-order valence-corrected chi connectivity index (χ1v) is 6.26. The number of fused-ring (bicyclic) bond motifs is 1.